The molecular formula is C18H18ClFN2O3. The van der Waals surface area contributed by atoms with Crippen LogP contribution in [0.3, 0.4) is 0 Å². The van der Waals surface area contributed by atoms with Crippen LogP contribution in [0.15, 0.2) is 36.4 Å². The highest BCUT2D eigenvalue weighted by Crippen LogP contribution is 2.32. The lowest BCUT2D eigenvalue weighted by Gasteiger charge is -2.24. The molecule has 0 aromatic heterocycles. The third-order valence-corrected chi connectivity index (χ3v) is 4.33. The molecule has 132 valence electrons. The number of carbonyl (C=O) groups is 1. The first-order valence-corrected chi connectivity index (χ1v) is 8.16. The van der Waals surface area contributed by atoms with Gasteiger partial charge in [0.25, 0.3) is 0 Å². The van der Waals surface area contributed by atoms with Gasteiger partial charge in [-0.3, -0.25) is 9.69 Å². The average molecular weight is 365 g/mol. The minimum Gasteiger partial charge on any atom is -0.454 e. The summed E-state index contributed by atoms with van der Waals surface area (Å²) in [6.45, 7) is 2.52. The van der Waals surface area contributed by atoms with Gasteiger partial charge in [-0.15, -0.1) is 0 Å². The number of fused-ring (bicyclic) bond motifs is 1. The number of amides is 1. The molecule has 0 radical (unpaired) electrons. The first-order chi connectivity index (χ1) is 11.9. The van der Waals surface area contributed by atoms with Gasteiger partial charge in [0.1, 0.15) is 5.82 Å². The van der Waals surface area contributed by atoms with Gasteiger partial charge in [-0.1, -0.05) is 17.7 Å². The fraction of sp³-hybridized carbons (Fsp3) is 0.278. The Morgan fingerprint density at radius 1 is 1.28 bits per heavy atom. The van der Waals surface area contributed by atoms with Crippen LogP contribution >= 0.6 is 11.6 Å². The molecule has 1 atom stereocenters. The van der Waals surface area contributed by atoms with Crippen molar-refractivity contribution < 1.29 is 18.7 Å². The number of nitrogens with zero attached hydrogens (tertiary/aromatic N) is 1. The fourth-order valence-corrected chi connectivity index (χ4v) is 2.65. The molecule has 0 saturated carbocycles. The van der Waals surface area contributed by atoms with E-state index in [0.717, 1.165) is 17.4 Å². The molecule has 0 spiro atoms. The maximum Gasteiger partial charge on any atom is 0.241 e. The highest BCUT2D eigenvalue weighted by molar-refractivity contribution is 6.30. The number of hydrogen-bond donors (Lipinski definition) is 1. The minimum absolute atomic E-state index is 0.109. The molecule has 5 nitrogen and oxygen atoms in total. The van der Waals surface area contributed by atoms with E-state index in [0.29, 0.717) is 12.3 Å². The summed E-state index contributed by atoms with van der Waals surface area (Å²) < 4.78 is 24.5. The van der Waals surface area contributed by atoms with Crippen LogP contribution in [0, 0.1) is 5.82 Å². The zero-order valence-corrected chi connectivity index (χ0v) is 14.6. The second-order valence-corrected chi connectivity index (χ2v) is 6.33. The van der Waals surface area contributed by atoms with Gasteiger partial charge in [0.15, 0.2) is 11.5 Å². The van der Waals surface area contributed by atoms with E-state index < -0.39 is 11.9 Å². The zero-order valence-electron chi connectivity index (χ0n) is 13.9. The molecule has 2 aromatic carbocycles. The Hall–Kier alpha value is -2.31. The van der Waals surface area contributed by atoms with Gasteiger partial charge in [0.05, 0.1) is 11.7 Å². The van der Waals surface area contributed by atoms with Crippen molar-refractivity contribution in [3.05, 3.63) is 52.8 Å². The largest absolute Gasteiger partial charge is 0.454 e. The number of hydrogen-bond acceptors (Lipinski definition) is 4. The van der Waals surface area contributed by atoms with E-state index in [-0.39, 0.29) is 23.4 Å². The van der Waals surface area contributed by atoms with Crippen molar-refractivity contribution in [2.45, 2.75) is 19.5 Å². The quantitative estimate of drug-likeness (QED) is 0.879. The topological polar surface area (TPSA) is 50.8 Å². The summed E-state index contributed by atoms with van der Waals surface area (Å²) in [5.41, 5.74) is 1.10. The van der Waals surface area contributed by atoms with E-state index in [1.165, 1.54) is 12.1 Å². The fourth-order valence-electron chi connectivity index (χ4n) is 2.49. The number of halogens is 2. The third kappa shape index (κ3) is 4.03. The van der Waals surface area contributed by atoms with Crippen molar-refractivity contribution in [3.63, 3.8) is 0 Å². The molecule has 2 aromatic rings. The van der Waals surface area contributed by atoms with E-state index >= 15 is 0 Å². The average Bonchev–Trinajstić information content (AvgIpc) is 3.04. The Bertz CT molecular complexity index is 800. The first-order valence-electron chi connectivity index (χ1n) is 7.78. The smallest absolute Gasteiger partial charge is 0.241 e. The van der Waals surface area contributed by atoms with Gasteiger partial charge < -0.3 is 14.8 Å². The summed E-state index contributed by atoms with van der Waals surface area (Å²) in [4.78, 5) is 14.2. The normalized spacial score (nSPS) is 13.8. The molecule has 7 heteroatoms. The first kappa shape index (κ1) is 17.5. The summed E-state index contributed by atoms with van der Waals surface area (Å²) in [5.74, 6) is 0.553. The zero-order chi connectivity index (χ0) is 18.0. The molecule has 25 heavy (non-hydrogen) atoms. The Morgan fingerprint density at radius 3 is 2.80 bits per heavy atom. The Morgan fingerprint density at radius 2 is 2.04 bits per heavy atom. The van der Waals surface area contributed by atoms with Crippen molar-refractivity contribution >= 4 is 23.2 Å². The maximum atomic E-state index is 13.8. The summed E-state index contributed by atoms with van der Waals surface area (Å²) in [5, 5.41) is 2.87. The molecule has 0 bridgehead atoms. The van der Waals surface area contributed by atoms with Crippen LogP contribution in [0.25, 0.3) is 0 Å². The van der Waals surface area contributed by atoms with Gasteiger partial charge in [0, 0.05) is 11.6 Å². The Kier molecular flexibility index (Phi) is 5.11. The number of ether oxygens (including phenoxy) is 2. The van der Waals surface area contributed by atoms with Gasteiger partial charge in [-0.25, -0.2) is 4.39 Å². The summed E-state index contributed by atoms with van der Waals surface area (Å²) in [6, 6.07) is 9.34. The predicted molar refractivity (Wildman–Crippen MR) is 93.5 cm³/mol. The number of anilines is 1. The van der Waals surface area contributed by atoms with Crippen LogP contribution in [0.5, 0.6) is 11.5 Å². The highest BCUT2D eigenvalue weighted by Gasteiger charge is 2.21. The van der Waals surface area contributed by atoms with Crippen molar-refractivity contribution in [1.82, 2.24) is 4.90 Å². The molecule has 1 N–H and O–H groups in total. The van der Waals surface area contributed by atoms with Crippen molar-refractivity contribution in [2.75, 3.05) is 19.2 Å². The van der Waals surface area contributed by atoms with E-state index in [2.05, 4.69) is 5.32 Å². The monoisotopic (exact) mass is 364 g/mol. The third-order valence-electron chi connectivity index (χ3n) is 4.10. The number of rotatable bonds is 5. The molecule has 1 aliphatic heterocycles. The van der Waals surface area contributed by atoms with E-state index in [4.69, 9.17) is 21.1 Å². The van der Waals surface area contributed by atoms with Crippen molar-refractivity contribution in [1.29, 1.82) is 0 Å². The lowest BCUT2D eigenvalue weighted by molar-refractivity contribution is -0.120. The van der Waals surface area contributed by atoms with E-state index in [1.807, 2.05) is 30.1 Å². The molecule has 3 rings (SSSR count). The molecular weight excluding hydrogens is 347 g/mol. The number of carbonyl (C=O) groups excluding carboxylic acids is 1. The number of likely N-dealkylation sites (N-methyl/N-ethyl adjacent to an activating group) is 1. The second-order valence-electron chi connectivity index (χ2n) is 5.89. The predicted octanol–water partition coefficient (Wildman–Crippen LogP) is 3.67. The molecule has 0 unspecified atom stereocenters. The van der Waals surface area contributed by atoms with Gasteiger partial charge in [0.2, 0.25) is 12.7 Å². The molecule has 1 heterocycles. The Balaban J connectivity index is 1.63. The van der Waals surface area contributed by atoms with Crippen LogP contribution < -0.4 is 14.8 Å². The highest BCUT2D eigenvalue weighted by atomic mass is 35.5. The van der Waals surface area contributed by atoms with Crippen molar-refractivity contribution in [2.24, 2.45) is 0 Å². The number of benzene rings is 2. The van der Waals surface area contributed by atoms with Crippen LogP contribution in [-0.2, 0) is 11.3 Å². The summed E-state index contributed by atoms with van der Waals surface area (Å²) >= 11 is 5.72. The van der Waals surface area contributed by atoms with Crippen LogP contribution in [0.4, 0.5) is 10.1 Å². The second kappa shape index (κ2) is 7.29. The van der Waals surface area contributed by atoms with E-state index in [9.17, 15) is 9.18 Å². The van der Waals surface area contributed by atoms with Crippen LogP contribution in [0.1, 0.15) is 12.5 Å². The van der Waals surface area contributed by atoms with Gasteiger partial charge in [-0.05, 0) is 49.9 Å². The maximum absolute atomic E-state index is 13.8. The summed E-state index contributed by atoms with van der Waals surface area (Å²) in [6.07, 6.45) is 0. The van der Waals surface area contributed by atoms with Crippen LogP contribution in [-0.4, -0.2) is 30.7 Å². The standard InChI is InChI=1S/C18H18ClFN2O3/c1-11(18(23)21-15-5-4-13(19)8-14(15)20)22(2)9-12-3-6-16-17(7-12)25-10-24-16/h3-8,11H,9-10H2,1-2H3,(H,21,23)/t11-/m0/s1. The molecule has 0 saturated heterocycles. The molecule has 1 aliphatic rings. The SMILES string of the molecule is C[C@@H](C(=O)Nc1ccc(Cl)cc1F)N(C)Cc1ccc2c(c1)OCO2. The van der Waals surface area contributed by atoms with Crippen LogP contribution in [0.2, 0.25) is 5.02 Å². The summed E-state index contributed by atoms with van der Waals surface area (Å²) in [7, 11) is 1.83. The lowest BCUT2D eigenvalue weighted by atomic mass is 10.1. The number of nitrogens with one attached hydrogen (secondary N) is 1. The van der Waals surface area contributed by atoms with Gasteiger partial charge >= 0.3 is 0 Å². The van der Waals surface area contributed by atoms with E-state index in [1.54, 1.807) is 6.92 Å². The Labute approximate surface area is 150 Å². The van der Waals surface area contributed by atoms with Crippen molar-refractivity contribution in [3.8, 4) is 11.5 Å². The minimum atomic E-state index is -0.563. The molecule has 0 aliphatic carbocycles. The molecule has 0 fully saturated rings. The lowest BCUT2D eigenvalue weighted by Crippen LogP contribution is -2.39. The molecule has 1 amide bonds. The van der Waals surface area contributed by atoms with Gasteiger partial charge in [-0.2, -0.15) is 0 Å².